The molecule has 0 spiro atoms. The Kier molecular flexibility index (Phi) is 4.51. The fourth-order valence-electron chi connectivity index (χ4n) is 1.31. The predicted molar refractivity (Wildman–Crippen MR) is 71.3 cm³/mol. The Morgan fingerprint density at radius 2 is 1.61 bits per heavy atom. The second kappa shape index (κ2) is 5.52. The van der Waals surface area contributed by atoms with Gasteiger partial charge in [-0.2, -0.15) is 0 Å². The molecule has 1 aromatic carbocycles. The van der Waals surface area contributed by atoms with Gasteiger partial charge in [-0.05, 0) is 37.1 Å². The molecule has 0 bridgehead atoms. The average Bonchev–Trinajstić information content (AvgIpc) is 2.27. The third kappa shape index (κ3) is 3.84. The van der Waals surface area contributed by atoms with Crippen LogP contribution in [0, 0.1) is 5.92 Å². The number of benzene rings is 1. The van der Waals surface area contributed by atoms with E-state index in [1.165, 1.54) is 24.3 Å². The highest BCUT2D eigenvalue weighted by Gasteiger charge is 2.13. The maximum absolute atomic E-state index is 11.9. The summed E-state index contributed by atoms with van der Waals surface area (Å²) in [5.74, 6) is 0.167. The Balaban J connectivity index is 2.83. The smallest absolute Gasteiger partial charge is 0.251 e. The highest BCUT2D eigenvalue weighted by Crippen LogP contribution is 2.11. The molecule has 4 nitrogen and oxygen atoms in total. The molecule has 0 aliphatic carbocycles. The Labute approximate surface area is 108 Å². The molecule has 1 aromatic rings. The highest BCUT2D eigenvalue weighted by molar-refractivity contribution is 7.90. The number of nitrogens with one attached hydrogen (secondary N) is 1. The van der Waals surface area contributed by atoms with Gasteiger partial charge in [0, 0.05) is 17.9 Å². The molecule has 100 valence electrons. The van der Waals surface area contributed by atoms with Gasteiger partial charge in [0.1, 0.15) is 0 Å². The van der Waals surface area contributed by atoms with Crippen LogP contribution in [-0.4, -0.2) is 26.6 Å². The van der Waals surface area contributed by atoms with E-state index >= 15 is 0 Å². The van der Waals surface area contributed by atoms with Gasteiger partial charge in [-0.25, -0.2) is 8.42 Å². The topological polar surface area (TPSA) is 63.2 Å². The van der Waals surface area contributed by atoms with E-state index in [0.717, 1.165) is 6.26 Å². The minimum Gasteiger partial charge on any atom is -0.349 e. The maximum Gasteiger partial charge on any atom is 0.251 e. The van der Waals surface area contributed by atoms with Gasteiger partial charge in [-0.3, -0.25) is 4.79 Å². The van der Waals surface area contributed by atoms with Gasteiger partial charge in [0.15, 0.2) is 9.84 Å². The number of carbonyl (C=O) groups is 1. The van der Waals surface area contributed by atoms with Crippen LogP contribution < -0.4 is 5.32 Å². The van der Waals surface area contributed by atoms with E-state index in [1.807, 2.05) is 20.8 Å². The van der Waals surface area contributed by atoms with Crippen LogP contribution in [0.1, 0.15) is 31.1 Å². The molecule has 0 heterocycles. The van der Waals surface area contributed by atoms with Crippen LogP contribution in [0.2, 0.25) is 0 Å². The quantitative estimate of drug-likeness (QED) is 0.907. The number of hydrogen-bond acceptors (Lipinski definition) is 3. The van der Waals surface area contributed by atoms with Gasteiger partial charge in [0.05, 0.1) is 4.90 Å². The molecule has 0 radical (unpaired) electrons. The van der Waals surface area contributed by atoms with Gasteiger partial charge >= 0.3 is 0 Å². The minimum atomic E-state index is -3.21. The summed E-state index contributed by atoms with van der Waals surface area (Å²) >= 11 is 0. The lowest BCUT2D eigenvalue weighted by molar-refractivity contribution is 0.0930. The van der Waals surface area contributed by atoms with Crippen molar-refractivity contribution in [1.82, 2.24) is 5.32 Å². The minimum absolute atomic E-state index is 0.0760. The summed E-state index contributed by atoms with van der Waals surface area (Å²) < 4.78 is 22.6. The molecule has 0 aliphatic heterocycles. The van der Waals surface area contributed by atoms with E-state index in [4.69, 9.17) is 0 Å². The lowest BCUT2D eigenvalue weighted by Crippen LogP contribution is -2.36. The zero-order valence-corrected chi connectivity index (χ0v) is 11.9. The molecule has 5 heteroatoms. The maximum atomic E-state index is 11.9. The summed E-state index contributed by atoms with van der Waals surface area (Å²) in [5.41, 5.74) is 0.468. The second-order valence-corrected chi connectivity index (χ2v) is 6.82. The number of carbonyl (C=O) groups excluding carboxylic acids is 1. The van der Waals surface area contributed by atoms with E-state index in [2.05, 4.69) is 5.32 Å². The SMILES string of the molecule is CC(C)[C@@H](C)NC(=O)c1ccc(S(C)(=O)=O)cc1. The molecule has 1 N–H and O–H groups in total. The van der Waals surface area contributed by atoms with Crippen LogP contribution in [0.3, 0.4) is 0 Å². The van der Waals surface area contributed by atoms with Crippen LogP contribution >= 0.6 is 0 Å². The van der Waals surface area contributed by atoms with E-state index < -0.39 is 9.84 Å². The Hall–Kier alpha value is -1.36. The Morgan fingerprint density at radius 3 is 2.00 bits per heavy atom. The molecule has 18 heavy (non-hydrogen) atoms. The fraction of sp³-hybridized carbons (Fsp3) is 0.462. The second-order valence-electron chi connectivity index (χ2n) is 4.80. The molecular formula is C13H19NO3S. The molecule has 0 aliphatic rings. The number of hydrogen-bond donors (Lipinski definition) is 1. The van der Waals surface area contributed by atoms with Crippen LogP contribution in [0.25, 0.3) is 0 Å². The first-order chi connectivity index (χ1) is 8.21. The van der Waals surface area contributed by atoms with Crippen molar-refractivity contribution in [3.05, 3.63) is 29.8 Å². The number of amides is 1. The van der Waals surface area contributed by atoms with Crippen molar-refractivity contribution in [2.75, 3.05) is 6.26 Å². The molecule has 0 fully saturated rings. The van der Waals surface area contributed by atoms with E-state index in [0.29, 0.717) is 11.5 Å². The third-order valence-electron chi connectivity index (χ3n) is 2.90. The Bertz CT molecular complexity index is 518. The summed E-state index contributed by atoms with van der Waals surface area (Å²) in [7, 11) is -3.21. The van der Waals surface area contributed by atoms with E-state index in [-0.39, 0.29) is 16.8 Å². The molecule has 0 aromatic heterocycles. The van der Waals surface area contributed by atoms with Gasteiger partial charge in [-0.15, -0.1) is 0 Å². The molecule has 0 saturated carbocycles. The molecule has 0 saturated heterocycles. The van der Waals surface area contributed by atoms with Gasteiger partial charge in [0.25, 0.3) is 5.91 Å². The highest BCUT2D eigenvalue weighted by atomic mass is 32.2. The van der Waals surface area contributed by atoms with E-state index in [9.17, 15) is 13.2 Å². The largest absolute Gasteiger partial charge is 0.349 e. The summed E-state index contributed by atoms with van der Waals surface area (Å²) in [6.45, 7) is 5.99. The monoisotopic (exact) mass is 269 g/mol. The van der Waals surface area contributed by atoms with E-state index in [1.54, 1.807) is 0 Å². The number of sulfone groups is 1. The third-order valence-corrected chi connectivity index (χ3v) is 4.03. The summed E-state index contributed by atoms with van der Waals surface area (Å²) in [6.07, 6.45) is 1.14. The van der Waals surface area contributed by atoms with Crippen molar-refractivity contribution in [3.63, 3.8) is 0 Å². The van der Waals surface area contributed by atoms with Crippen molar-refractivity contribution in [2.24, 2.45) is 5.92 Å². The average molecular weight is 269 g/mol. The number of rotatable bonds is 4. The zero-order chi connectivity index (χ0) is 13.9. The molecule has 0 unspecified atom stereocenters. The Morgan fingerprint density at radius 1 is 1.11 bits per heavy atom. The van der Waals surface area contributed by atoms with Crippen molar-refractivity contribution < 1.29 is 13.2 Å². The van der Waals surface area contributed by atoms with Crippen LogP contribution in [0.5, 0.6) is 0 Å². The normalized spacial score (nSPS) is 13.4. The predicted octanol–water partition coefficient (Wildman–Crippen LogP) is 1.86. The van der Waals surface area contributed by atoms with Crippen molar-refractivity contribution in [3.8, 4) is 0 Å². The van der Waals surface area contributed by atoms with Crippen LogP contribution in [0.4, 0.5) is 0 Å². The molecule has 1 rings (SSSR count). The first-order valence-electron chi connectivity index (χ1n) is 5.83. The van der Waals surface area contributed by atoms with Crippen LogP contribution in [-0.2, 0) is 9.84 Å². The molecular weight excluding hydrogens is 250 g/mol. The first-order valence-corrected chi connectivity index (χ1v) is 7.72. The lowest BCUT2D eigenvalue weighted by Gasteiger charge is -2.17. The van der Waals surface area contributed by atoms with Crippen molar-refractivity contribution in [2.45, 2.75) is 31.7 Å². The van der Waals surface area contributed by atoms with Gasteiger partial charge in [-0.1, -0.05) is 13.8 Å². The summed E-state index contributed by atoms with van der Waals surface area (Å²) in [6, 6.07) is 6.03. The standard InChI is InChI=1S/C13H19NO3S/c1-9(2)10(3)14-13(15)11-5-7-12(8-6-11)18(4,16)17/h5-10H,1-4H3,(H,14,15)/t10-/m1/s1. The molecule has 1 amide bonds. The van der Waals surface area contributed by atoms with Gasteiger partial charge in [0.2, 0.25) is 0 Å². The summed E-state index contributed by atoms with van der Waals surface area (Å²) in [5, 5.41) is 2.87. The first kappa shape index (κ1) is 14.7. The van der Waals surface area contributed by atoms with Crippen LogP contribution in [0.15, 0.2) is 29.2 Å². The lowest BCUT2D eigenvalue weighted by atomic mass is 10.1. The fourth-order valence-corrected chi connectivity index (χ4v) is 1.94. The van der Waals surface area contributed by atoms with Gasteiger partial charge < -0.3 is 5.32 Å². The van der Waals surface area contributed by atoms with Crippen molar-refractivity contribution in [1.29, 1.82) is 0 Å². The van der Waals surface area contributed by atoms with Crippen molar-refractivity contribution >= 4 is 15.7 Å². The molecule has 1 atom stereocenters. The zero-order valence-electron chi connectivity index (χ0n) is 11.1. The summed E-state index contributed by atoms with van der Waals surface area (Å²) in [4.78, 5) is 12.1.